The molecule has 0 radical (unpaired) electrons. The number of benzene rings is 2. The molecular formula is C23H21FN4O2. The molecule has 2 amide bonds. The average molecular weight is 404 g/mol. The van der Waals surface area contributed by atoms with Crippen LogP contribution in [0.5, 0.6) is 0 Å². The molecule has 6 nitrogen and oxygen atoms in total. The number of halogens is 1. The Morgan fingerprint density at radius 3 is 2.70 bits per heavy atom. The van der Waals surface area contributed by atoms with Crippen LogP contribution in [0.1, 0.15) is 34.6 Å². The molecule has 2 N–H and O–H groups in total. The highest BCUT2D eigenvalue weighted by molar-refractivity contribution is 5.99. The van der Waals surface area contributed by atoms with E-state index in [1.54, 1.807) is 24.3 Å². The smallest absolute Gasteiger partial charge is 0.273 e. The third-order valence-corrected chi connectivity index (χ3v) is 4.94. The largest absolute Gasteiger partial charge is 0.348 e. The summed E-state index contributed by atoms with van der Waals surface area (Å²) in [7, 11) is 0. The molecule has 0 fully saturated rings. The van der Waals surface area contributed by atoms with Gasteiger partial charge in [-0.1, -0.05) is 42.5 Å². The summed E-state index contributed by atoms with van der Waals surface area (Å²) in [5.74, 6) is -0.447. The molecule has 7 heteroatoms. The normalized spacial score (nSPS) is 13.7. The molecule has 0 unspecified atom stereocenters. The van der Waals surface area contributed by atoms with Gasteiger partial charge in [-0.05, 0) is 36.8 Å². The number of nitrogens with zero attached hydrogens (tertiary/aromatic N) is 2. The van der Waals surface area contributed by atoms with Crippen LogP contribution in [0.15, 0.2) is 66.7 Å². The number of anilines is 2. The van der Waals surface area contributed by atoms with Crippen LogP contribution in [0.4, 0.5) is 15.9 Å². The van der Waals surface area contributed by atoms with Gasteiger partial charge in [0.2, 0.25) is 5.91 Å². The van der Waals surface area contributed by atoms with Crippen molar-refractivity contribution in [3.63, 3.8) is 0 Å². The van der Waals surface area contributed by atoms with Gasteiger partial charge in [0.1, 0.15) is 23.9 Å². The van der Waals surface area contributed by atoms with E-state index < -0.39 is 0 Å². The zero-order valence-corrected chi connectivity index (χ0v) is 16.4. The molecule has 3 aromatic rings. The standard InChI is InChI=1S/C23H21FN4O2/c1-15(16-6-3-2-4-7-16)25-21(29)14-28-13-17-10-11-20(27-22(17)23(28)30)26-19-9-5-8-18(24)12-19/h2-12,15H,13-14H2,1H3,(H,25,29)(H,26,27)/t15-/m0/s1. The fourth-order valence-electron chi connectivity index (χ4n) is 3.42. The summed E-state index contributed by atoms with van der Waals surface area (Å²) in [6, 6.07) is 19.0. The highest BCUT2D eigenvalue weighted by Crippen LogP contribution is 2.24. The van der Waals surface area contributed by atoms with Gasteiger partial charge in [-0.3, -0.25) is 9.59 Å². The summed E-state index contributed by atoms with van der Waals surface area (Å²) in [6.45, 7) is 2.19. The first-order chi connectivity index (χ1) is 14.5. The lowest BCUT2D eigenvalue weighted by atomic mass is 10.1. The summed E-state index contributed by atoms with van der Waals surface area (Å²) >= 11 is 0. The van der Waals surface area contributed by atoms with Gasteiger partial charge in [-0.15, -0.1) is 0 Å². The number of rotatable bonds is 6. The Balaban J connectivity index is 1.40. The van der Waals surface area contributed by atoms with E-state index in [0.29, 0.717) is 23.7 Å². The van der Waals surface area contributed by atoms with Crippen molar-refractivity contribution in [3.05, 3.63) is 89.4 Å². The molecule has 30 heavy (non-hydrogen) atoms. The van der Waals surface area contributed by atoms with E-state index in [0.717, 1.165) is 11.1 Å². The van der Waals surface area contributed by atoms with Crippen molar-refractivity contribution in [1.29, 1.82) is 0 Å². The molecule has 2 aromatic carbocycles. The van der Waals surface area contributed by atoms with Crippen LogP contribution in [0.25, 0.3) is 0 Å². The third-order valence-electron chi connectivity index (χ3n) is 4.94. The van der Waals surface area contributed by atoms with Gasteiger partial charge in [0.25, 0.3) is 5.91 Å². The van der Waals surface area contributed by atoms with Gasteiger partial charge in [-0.2, -0.15) is 0 Å². The van der Waals surface area contributed by atoms with Crippen LogP contribution in [-0.2, 0) is 11.3 Å². The van der Waals surface area contributed by atoms with Gasteiger partial charge in [0.15, 0.2) is 0 Å². The van der Waals surface area contributed by atoms with Crippen LogP contribution >= 0.6 is 0 Å². The first kappa shape index (κ1) is 19.6. The van der Waals surface area contributed by atoms with Gasteiger partial charge in [0, 0.05) is 17.8 Å². The maximum Gasteiger partial charge on any atom is 0.273 e. The molecule has 0 saturated carbocycles. The van der Waals surface area contributed by atoms with Crippen molar-refractivity contribution in [2.45, 2.75) is 19.5 Å². The number of carbonyl (C=O) groups is 2. The average Bonchev–Trinajstić information content (AvgIpc) is 3.03. The van der Waals surface area contributed by atoms with E-state index in [-0.39, 0.29) is 30.2 Å². The number of aromatic nitrogens is 1. The van der Waals surface area contributed by atoms with Crippen molar-refractivity contribution in [1.82, 2.24) is 15.2 Å². The summed E-state index contributed by atoms with van der Waals surface area (Å²) < 4.78 is 13.4. The van der Waals surface area contributed by atoms with Crippen LogP contribution < -0.4 is 10.6 Å². The van der Waals surface area contributed by atoms with E-state index in [1.165, 1.54) is 17.0 Å². The molecule has 0 saturated heterocycles. The Hall–Kier alpha value is -3.74. The molecule has 0 aliphatic carbocycles. The molecule has 2 heterocycles. The van der Waals surface area contributed by atoms with Crippen molar-refractivity contribution in [3.8, 4) is 0 Å². The fraction of sp³-hybridized carbons (Fsp3) is 0.174. The van der Waals surface area contributed by atoms with Crippen molar-refractivity contribution >= 4 is 23.3 Å². The van der Waals surface area contributed by atoms with Gasteiger partial charge in [-0.25, -0.2) is 9.37 Å². The highest BCUT2D eigenvalue weighted by Gasteiger charge is 2.30. The number of fused-ring (bicyclic) bond motifs is 1. The number of hydrogen-bond donors (Lipinski definition) is 2. The Morgan fingerprint density at radius 2 is 1.93 bits per heavy atom. The van der Waals surface area contributed by atoms with Gasteiger partial charge in [0.05, 0.1) is 6.04 Å². The van der Waals surface area contributed by atoms with E-state index in [1.807, 2.05) is 37.3 Å². The second kappa shape index (κ2) is 8.32. The van der Waals surface area contributed by atoms with Crippen molar-refractivity contribution < 1.29 is 14.0 Å². The molecule has 1 atom stereocenters. The summed E-state index contributed by atoms with van der Waals surface area (Å²) in [5, 5.41) is 5.91. The molecule has 1 aliphatic heterocycles. The van der Waals surface area contributed by atoms with Gasteiger partial charge >= 0.3 is 0 Å². The molecule has 1 aliphatic rings. The minimum Gasteiger partial charge on any atom is -0.348 e. The number of pyridine rings is 1. The Kier molecular flexibility index (Phi) is 5.43. The van der Waals surface area contributed by atoms with E-state index >= 15 is 0 Å². The summed E-state index contributed by atoms with van der Waals surface area (Å²) in [5.41, 5.74) is 2.60. The van der Waals surface area contributed by atoms with Gasteiger partial charge < -0.3 is 15.5 Å². The Labute approximate surface area is 173 Å². The lowest BCUT2D eigenvalue weighted by Crippen LogP contribution is -2.38. The first-order valence-electron chi connectivity index (χ1n) is 9.66. The van der Waals surface area contributed by atoms with E-state index in [4.69, 9.17) is 0 Å². The predicted molar refractivity (Wildman–Crippen MR) is 112 cm³/mol. The summed E-state index contributed by atoms with van der Waals surface area (Å²) in [4.78, 5) is 31.0. The molecule has 4 rings (SSSR count). The molecule has 152 valence electrons. The van der Waals surface area contributed by atoms with E-state index in [2.05, 4.69) is 15.6 Å². The first-order valence-corrected chi connectivity index (χ1v) is 9.66. The molecular weight excluding hydrogens is 383 g/mol. The van der Waals surface area contributed by atoms with Crippen molar-refractivity contribution in [2.24, 2.45) is 0 Å². The molecule has 0 bridgehead atoms. The maximum absolute atomic E-state index is 13.4. The fourth-order valence-corrected chi connectivity index (χ4v) is 3.42. The number of carbonyl (C=O) groups excluding carboxylic acids is 2. The second-order valence-corrected chi connectivity index (χ2v) is 7.20. The number of nitrogens with one attached hydrogen (secondary N) is 2. The van der Waals surface area contributed by atoms with Crippen molar-refractivity contribution in [2.75, 3.05) is 11.9 Å². The number of hydrogen-bond acceptors (Lipinski definition) is 4. The van der Waals surface area contributed by atoms with Crippen LogP contribution in [0.3, 0.4) is 0 Å². The maximum atomic E-state index is 13.4. The number of amides is 2. The third kappa shape index (κ3) is 4.30. The van der Waals surface area contributed by atoms with Crippen LogP contribution in [-0.4, -0.2) is 28.2 Å². The Morgan fingerprint density at radius 1 is 1.13 bits per heavy atom. The predicted octanol–water partition coefficient (Wildman–Crippen LogP) is 3.80. The van der Waals surface area contributed by atoms with E-state index in [9.17, 15) is 14.0 Å². The quantitative estimate of drug-likeness (QED) is 0.655. The lowest BCUT2D eigenvalue weighted by Gasteiger charge is -2.18. The highest BCUT2D eigenvalue weighted by atomic mass is 19.1. The SMILES string of the molecule is C[C@H](NC(=O)CN1Cc2ccc(Nc3cccc(F)c3)nc2C1=O)c1ccccc1. The second-order valence-electron chi connectivity index (χ2n) is 7.20. The topological polar surface area (TPSA) is 74.3 Å². The minimum atomic E-state index is -0.362. The zero-order chi connectivity index (χ0) is 21.1. The Bertz CT molecular complexity index is 1090. The minimum absolute atomic E-state index is 0.0426. The monoisotopic (exact) mass is 404 g/mol. The zero-order valence-electron chi connectivity index (χ0n) is 16.4. The molecule has 0 spiro atoms. The summed E-state index contributed by atoms with van der Waals surface area (Å²) in [6.07, 6.45) is 0. The van der Waals surface area contributed by atoms with Crippen LogP contribution in [0, 0.1) is 5.82 Å². The molecule has 1 aromatic heterocycles. The lowest BCUT2D eigenvalue weighted by molar-refractivity contribution is -0.122. The van der Waals surface area contributed by atoms with Crippen LogP contribution in [0.2, 0.25) is 0 Å².